The monoisotopic (exact) mass is 475 g/mol. The number of phosphoric acid groups is 1. The first kappa shape index (κ1) is 29.7. The van der Waals surface area contributed by atoms with Crippen LogP contribution in [0.2, 0.25) is 18.1 Å². The maximum atomic E-state index is 12.4. The molecular formula is C21H38NO7PSi. The molecule has 31 heavy (non-hydrogen) atoms. The molecule has 0 N–H and O–H groups in total. The van der Waals surface area contributed by atoms with E-state index in [2.05, 4.69) is 33.9 Å². The van der Waals surface area contributed by atoms with Gasteiger partial charge in [-0.1, -0.05) is 39.0 Å². The van der Waals surface area contributed by atoms with Crippen LogP contribution in [0.15, 0.2) is 24.3 Å². The van der Waals surface area contributed by atoms with Crippen LogP contribution >= 0.6 is 7.82 Å². The molecule has 0 aromatic heterocycles. The maximum Gasteiger partial charge on any atom is 0.476 e. The second-order valence-corrected chi connectivity index (χ2v) is 14.5. The summed E-state index contributed by atoms with van der Waals surface area (Å²) in [6.07, 6.45) is 4.90. The molecule has 0 aromatic rings. The molecule has 0 fully saturated rings. The SMILES string of the molecule is CCOC(=O)CC(/C=C/C=C/C(C#N)OP(=O)(OCC)OCC)O[Si](C)(C)C(C)(C)C. The normalized spacial score (nSPS) is 15.2. The van der Waals surface area contributed by atoms with E-state index in [0.717, 1.165) is 0 Å². The molecule has 0 aliphatic carbocycles. The van der Waals surface area contributed by atoms with Gasteiger partial charge in [-0.25, -0.2) is 4.57 Å². The predicted molar refractivity (Wildman–Crippen MR) is 123 cm³/mol. The van der Waals surface area contributed by atoms with Crippen LogP contribution in [0.5, 0.6) is 0 Å². The molecule has 0 rings (SSSR count). The van der Waals surface area contributed by atoms with Crippen LogP contribution in [-0.2, 0) is 32.1 Å². The first-order chi connectivity index (χ1) is 14.3. The molecule has 0 amide bonds. The molecule has 0 radical (unpaired) electrons. The zero-order valence-electron chi connectivity index (χ0n) is 20.0. The minimum Gasteiger partial charge on any atom is -0.466 e. The standard InChI is InChI=1S/C21H38NO7PSi/c1-9-25-20(23)16-18(29-31(7,8)21(4,5)6)14-12-13-15-19(17-22)28-30(24,26-10-2)27-11-3/h12-15,18-19H,9-11,16H2,1-8H3/b14-12+,15-13+. The summed E-state index contributed by atoms with van der Waals surface area (Å²) in [7, 11) is -5.94. The van der Waals surface area contributed by atoms with Gasteiger partial charge < -0.3 is 9.16 Å². The van der Waals surface area contributed by atoms with E-state index >= 15 is 0 Å². The molecule has 0 aliphatic heterocycles. The van der Waals surface area contributed by atoms with Crippen molar-refractivity contribution >= 4 is 22.1 Å². The maximum absolute atomic E-state index is 12.4. The summed E-state index contributed by atoms with van der Waals surface area (Å²) >= 11 is 0. The molecule has 0 aromatic carbocycles. The van der Waals surface area contributed by atoms with Gasteiger partial charge in [0.15, 0.2) is 14.4 Å². The predicted octanol–water partition coefficient (Wildman–Crippen LogP) is 5.53. The van der Waals surface area contributed by atoms with Gasteiger partial charge >= 0.3 is 13.8 Å². The Balaban J connectivity index is 5.34. The van der Waals surface area contributed by atoms with Gasteiger partial charge in [-0.15, -0.1) is 0 Å². The summed E-state index contributed by atoms with van der Waals surface area (Å²) in [6, 6.07) is 1.90. The van der Waals surface area contributed by atoms with Gasteiger partial charge in [-0.2, -0.15) is 5.26 Å². The van der Waals surface area contributed by atoms with E-state index in [9.17, 15) is 14.6 Å². The van der Waals surface area contributed by atoms with E-state index < -0.39 is 28.3 Å². The van der Waals surface area contributed by atoms with Crippen LogP contribution < -0.4 is 0 Å². The Hall–Kier alpha value is -1.27. The summed E-state index contributed by atoms with van der Waals surface area (Å²) in [5.74, 6) is -0.340. The number of hydrogen-bond acceptors (Lipinski definition) is 8. The van der Waals surface area contributed by atoms with Crippen molar-refractivity contribution in [2.75, 3.05) is 19.8 Å². The first-order valence-electron chi connectivity index (χ1n) is 10.5. The molecule has 0 saturated carbocycles. The van der Waals surface area contributed by atoms with Gasteiger partial charge in [0.25, 0.3) is 0 Å². The molecule has 0 saturated heterocycles. The second kappa shape index (κ2) is 14.0. The summed E-state index contributed by atoms with van der Waals surface area (Å²) in [4.78, 5) is 12.0. The van der Waals surface area contributed by atoms with Gasteiger partial charge in [0.1, 0.15) is 0 Å². The number of hydrogen-bond donors (Lipinski definition) is 0. The van der Waals surface area contributed by atoms with Crippen LogP contribution in [0.4, 0.5) is 0 Å². The number of nitriles is 1. The minimum atomic E-state index is -3.81. The molecule has 178 valence electrons. The van der Waals surface area contributed by atoms with Crippen molar-refractivity contribution in [2.24, 2.45) is 0 Å². The molecule has 0 spiro atoms. The van der Waals surface area contributed by atoms with Crippen LogP contribution in [-0.4, -0.2) is 46.3 Å². The fraction of sp³-hybridized carbons (Fsp3) is 0.714. The lowest BCUT2D eigenvalue weighted by molar-refractivity contribution is -0.144. The van der Waals surface area contributed by atoms with E-state index in [0.29, 0.717) is 6.61 Å². The van der Waals surface area contributed by atoms with Crippen molar-refractivity contribution in [3.05, 3.63) is 24.3 Å². The second-order valence-electron chi connectivity index (χ2n) is 8.13. The Kier molecular flexibility index (Phi) is 13.4. The number of ether oxygens (including phenoxy) is 1. The zero-order valence-corrected chi connectivity index (χ0v) is 21.9. The van der Waals surface area contributed by atoms with E-state index in [-0.39, 0.29) is 30.6 Å². The molecule has 2 atom stereocenters. The number of carbonyl (C=O) groups excluding carboxylic acids is 1. The van der Waals surface area contributed by atoms with Gasteiger partial charge in [-0.05, 0) is 45.0 Å². The molecule has 10 heteroatoms. The number of nitrogens with zero attached hydrogens (tertiary/aromatic N) is 1. The largest absolute Gasteiger partial charge is 0.476 e. The third-order valence-corrected chi connectivity index (χ3v) is 10.7. The molecule has 2 unspecified atom stereocenters. The molecule has 0 aliphatic rings. The van der Waals surface area contributed by atoms with Crippen molar-refractivity contribution in [3.8, 4) is 6.07 Å². The van der Waals surface area contributed by atoms with Gasteiger partial charge in [0.2, 0.25) is 0 Å². The Morgan fingerprint density at radius 2 is 1.61 bits per heavy atom. The fourth-order valence-electron chi connectivity index (χ4n) is 2.10. The van der Waals surface area contributed by atoms with E-state index in [1.165, 1.54) is 6.08 Å². The van der Waals surface area contributed by atoms with Crippen LogP contribution in [0.25, 0.3) is 0 Å². The zero-order chi connectivity index (χ0) is 24.1. The highest BCUT2D eigenvalue weighted by Crippen LogP contribution is 2.50. The first-order valence-corrected chi connectivity index (χ1v) is 14.9. The Morgan fingerprint density at radius 3 is 2.06 bits per heavy atom. The fourth-order valence-corrected chi connectivity index (χ4v) is 4.59. The summed E-state index contributed by atoms with van der Waals surface area (Å²) < 4.78 is 39.1. The molecule has 0 bridgehead atoms. The van der Waals surface area contributed by atoms with Gasteiger partial charge in [0.05, 0.1) is 38.4 Å². The van der Waals surface area contributed by atoms with Crippen LogP contribution in [0, 0.1) is 11.3 Å². The van der Waals surface area contributed by atoms with Crippen LogP contribution in [0.3, 0.4) is 0 Å². The summed E-state index contributed by atoms with van der Waals surface area (Å²) in [5, 5.41) is 9.27. The molecule has 0 heterocycles. The summed E-state index contributed by atoms with van der Waals surface area (Å²) in [6.45, 7) is 16.2. The topological polar surface area (TPSA) is 104 Å². The number of allylic oxidation sites excluding steroid dienone is 2. The number of carbonyl (C=O) groups is 1. The molecular weight excluding hydrogens is 437 g/mol. The highest BCUT2D eigenvalue weighted by atomic mass is 31.2. The van der Waals surface area contributed by atoms with E-state index in [1.54, 1.807) is 39.0 Å². The average molecular weight is 476 g/mol. The van der Waals surface area contributed by atoms with Crippen molar-refractivity contribution < 1.29 is 32.1 Å². The van der Waals surface area contributed by atoms with Crippen molar-refractivity contribution in [3.63, 3.8) is 0 Å². The lowest BCUT2D eigenvalue weighted by atomic mass is 10.2. The van der Waals surface area contributed by atoms with E-state index in [4.69, 9.17) is 22.7 Å². The van der Waals surface area contributed by atoms with Crippen molar-refractivity contribution in [1.29, 1.82) is 5.26 Å². The highest BCUT2D eigenvalue weighted by molar-refractivity contribution is 7.48. The van der Waals surface area contributed by atoms with Crippen molar-refractivity contribution in [1.82, 2.24) is 0 Å². The van der Waals surface area contributed by atoms with Crippen molar-refractivity contribution in [2.45, 2.75) is 78.3 Å². The number of phosphoric ester groups is 1. The summed E-state index contributed by atoms with van der Waals surface area (Å²) in [5.41, 5.74) is 0. The average Bonchev–Trinajstić information content (AvgIpc) is 2.63. The Morgan fingerprint density at radius 1 is 1.06 bits per heavy atom. The molecule has 8 nitrogen and oxygen atoms in total. The lowest BCUT2D eigenvalue weighted by Gasteiger charge is -2.38. The Labute approximate surface area is 188 Å². The quantitative estimate of drug-likeness (QED) is 0.140. The van der Waals surface area contributed by atoms with Crippen LogP contribution in [0.1, 0.15) is 48.0 Å². The minimum absolute atomic E-state index is 0.0248. The van der Waals surface area contributed by atoms with Gasteiger partial charge in [-0.3, -0.25) is 18.4 Å². The number of esters is 1. The van der Waals surface area contributed by atoms with E-state index in [1.807, 2.05) is 6.07 Å². The third kappa shape index (κ3) is 11.8. The highest BCUT2D eigenvalue weighted by Gasteiger charge is 2.39. The third-order valence-electron chi connectivity index (χ3n) is 4.59. The van der Waals surface area contributed by atoms with Gasteiger partial charge in [0, 0.05) is 0 Å². The number of rotatable bonds is 14. The Bertz CT molecular complexity index is 685. The lowest BCUT2D eigenvalue weighted by Crippen LogP contribution is -2.44. The smallest absolute Gasteiger partial charge is 0.466 e.